The molecule has 0 spiro atoms. The predicted octanol–water partition coefficient (Wildman–Crippen LogP) is 3.08. The van der Waals surface area contributed by atoms with Gasteiger partial charge in [-0.25, -0.2) is 0 Å². The van der Waals surface area contributed by atoms with Gasteiger partial charge in [-0.2, -0.15) is 0 Å². The van der Waals surface area contributed by atoms with Crippen LogP contribution in [0, 0.1) is 5.41 Å². The van der Waals surface area contributed by atoms with Gasteiger partial charge in [0.2, 0.25) is 5.91 Å². The SMILES string of the molecule is CCC1=CC=CC(C)(C(=O)N2CCCC2)C=C1. The van der Waals surface area contributed by atoms with Crippen LogP contribution in [0.25, 0.3) is 0 Å². The first kappa shape index (κ1) is 12.2. The van der Waals surface area contributed by atoms with E-state index in [0.29, 0.717) is 0 Å². The van der Waals surface area contributed by atoms with Crippen molar-refractivity contribution in [1.29, 1.82) is 0 Å². The zero-order valence-electron chi connectivity index (χ0n) is 10.8. The second-order valence-corrected chi connectivity index (χ2v) is 5.07. The molecule has 0 radical (unpaired) electrons. The molecule has 1 amide bonds. The van der Waals surface area contributed by atoms with Crippen molar-refractivity contribution in [2.24, 2.45) is 5.41 Å². The molecular formula is C15H21NO. The van der Waals surface area contributed by atoms with Gasteiger partial charge < -0.3 is 4.90 Å². The van der Waals surface area contributed by atoms with Gasteiger partial charge in [0.1, 0.15) is 0 Å². The van der Waals surface area contributed by atoms with Crippen LogP contribution in [0.5, 0.6) is 0 Å². The zero-order chi connectivity index (χ0) is 12.3. The molecular weight excluding hydrogens is 210 g/mol. The van der Waals surface area contributed by atoms with E-state index in [1.165, 1.54) is 5.57 Å². The summed E-state index contributed by atoms with van der Waals surface area (Å²) in [5.74, 6) is 0.244. The summed E-state index contributed by atoms with van der Waals surface area (Å²) < 4.78 is 0. The van der Waals surface area contributed by atoms with Gasteiger partial charge in [-0.05, 0) is 31.8 Å². The minimum atomic E-state index is -0.461. The number of hydrogen-bond acceptors (Lipinski definition) is 1. The molecule has 1 unspecified atom stereocenters. The number of allylic oxidation sites excluding steroid dienone is 4. The Kier molecular flexibility index (Phi) is 3.51. The van der Waals surface area contributed by atoms with Gasteiger partial charge in [0.15, 0.2) is 0 Å². The normalized spacial score (nSPS) is 28.1. The van der Waals surface area contributed by atoms with Crippen LogP contribution in [0.1, 0.15) is 33.1 Å². The van der Waals surface area contributed by atoms with Crippen LogP contribution >= 0.6 is 0 Å². The molecule has 1 saturated heterocycles. The minimum absolute atomic E-state index is 0.244. The lowest BCUT2D eigenvalue weighted by Crippen LogP contribution is -2.38. The van der Waals surface area contributed by atoms with Gasteiger partial charge in [0.25, 0.3) is 0 Å². The Hall–Kier alpha value is -1.31. The summed E-state index contributed by atoms with van der Waals surface area (Å²) in [6, 6.07) is 0. The maximum Gasteiger partial charge on any atom is 0.236 e. The average Bonchev–Trinajstić information content (AvgIpc) is 2.79. The quantitative estimate of drug-likeness (QED) is 0.715. The number of carbonyl (C=O) groups excluding carboxylic acids is 1. The van der Waals surface area contributed by atoms with Gasteiger partial charge in [0.05, 0.1) is 5.41 Å². The number of nitrogens with zero attached hydrogens (tertiary/aromatic N) is 1. The molecule has 92 valence electrons. The molecule has 1 heterocycles. The molecule has 0 aromatic rings. The molecule has 1 atom stereocenters. The fourth-order valence-corrected chi connectivity index (χ4v) is 2.40. The molecule has 1 aliphatic heterocycles. The fourth-order valence-electron chi connectivity index (χ4n) is 2.40. The lowest BCUT2D eigenvalue weighted by molar-refractivity contribution is -0.135. The second kappa shape index (κ2) is 4.91. The molecule has 2 nitrogen and oxygen atoms in total. The second-order valence-electron chi connectivity index (χ2n) is 5.07. The number of hydrogen-bond donors (Lipinski definition) is 0. The Morgan fingerprint density at radius 3 is 2.71 bits per heavy atom. The molecule has 0 N–H and O–H groups in total. The number of carbonyl (C=O) groups is 1. The Labute approximate surface area is 104 Å². The first-order valence-electron chi connectivity index (χ1n) is 6.53. The van der Waals surface area contributed by atoms with E-state index in [4.69, 9.17) is 0 Å². The summed E-state index contributed by atoms with van der Waals surface area (Å²) in [5, 5.41) is 0. The highest BCUT2D eigenvalue weighted by atomic mass is 16.2. The van der Waals surface area contributed by atoms with Crippen LogP contribution in [-0.2, 0) is 4.79 Å². The van der Waals surface area contributed by atoms with Crippen molar-refractivity contribution in [3.63, 3.8) is 0 Å². The standard InChI is InChI=1S/C15H21NO/c1-3-13-7-6-9-15(2,10-8-13)14(17)16-11-4-5-12-16/h6-10H,3-5,11-12H2,1-2H3. The molecule has 0 aromatic heterocycles. The lowest BCUT2D eigenvalue weighted by Gasteiger charge is -2.27. The first-order chi connectivity index (χ1) is 8.15. The van der Waals surface area contributed by atoms with Crippen LogP contribution in [0.3, 0.4) is 0 Å². The largest absolute Gasteiger partial charge is 0.342 e. The third kappa shape index (κ3) is 2.51. The van der Waals surface area contributed by atoms with E-state index in [-0.39, 0.29) is 5.91 Å². The zero-order valence-corrected chi connectivity index (χ0v) is 10.8. The van der Waals surface area contributed by atoms with E-state index in [1.807, 2.05) is 30.1 Å². The molecule has 1 fully saturated rings. The highest BCUT2D eigenvalue weighted by molar-refractivity contribution is 5.87. The monoisotopic (exact) mass is 231 g/mol. The first-order valence-corrected chi connectivity index (χ1v) is 6.53. The van der Waals surface area contributed by atoms with E-state index in [1.54, 1.807) is 0 Å². The molecule has 1 aliphatic carbocycles. The Balaban J connectivity index is 2.17. The van der Waals surface area contributed by atoms with E-state index >= 15 is 0 Å². The molecule has 0 aromatic carbocycles. The van der Waals surface area contributed by atoms with Gasteiger partial charge >= 0.3 is 0 Å². The summed E-state index contributed by atoms with van der Waals surface area (Å²) in [6.45, 7) is 5.98. The van der Waals surface area contributed by atoms with Crippen LogP contribution in [-0.4, -0.2) is 23.9 Å². The Bertz CT molecular complexity index is 386. The minimum Gasteiger partial charge on any atom is -0.342 e. The predicted molar refractivity (Wildman–Crippen MR) is 70.6 cm³/mol. The van der Waals surface area contributed by atoms with Crippen LogP contribution in [0.15, 0.2) is 36.0 Å². The van der Waals surface area contributed by atoms with Crippen LogP contribution in [0.2, 0.25) is 0 Å². The van der Waals surface area contributed by atoms with Gasteiger partial charge in [0, 0.05) is 13.1 Å². The van der Waals surface area contributed by atoms with Crippen molar-refractivity contribution < 1.29 is 4.79 Å². The highest BCUT2D eigenvalue weighted by Crippen LogP contribution is 2.28. The van der Waals surface area contributed by atoms with Crippen molar-refractivity contribution in [2.75, 3.05) is 13.1 Å². The smallest absolute Gasteiger partial charge is 0.236 e. The molecule has 17 heavy (non-hydrogen) atoms. The van der Waals surface area contributed by atoms with Crippen molar-refractivity contribution >= 4 is 5.91 Å². The lowest BCUT2D eigenvalue weighted by atomic mass is 9.88. The maximum atomic E-state index is 12.5. The van der Waals surface area contributed by atoms with Crippen molar-refractivity contribution in [3.8, 4) is 0 Å². The number of rotatable bonds is 2. The number of amides is 1. The molecule has 0 bridgehead atoms. The fraction of sp³-hybridized carbons (Fsp3) is 0.533. The third-order valence-corrected chi connectivity index (χ3v) is 3.66. The summed E-state index contributed by atoms with van der Waals surface area (Å²) >= 11 is 0. The van der Waals surface area contributed by atoms with Gasteiger partial charge in [-0.15, -0.1) is 0 Å². The Morgan fingerprint density at radius 1 is 1.35 bits per heavy atom. The Morgan fingerprint density at radius 2 is 2.06 bits per heavy atom. The van der Waals surface area contributed by atoms with Gasteiger partial charge in [-0.3, -0.25) is 4.79 Å². The van der Waals surface area contributed by atoms with E-state index in [9.17, 15) is 4.79 Å². The van der Waals surface area contributed by atoms with E-state index in [0.717, 1.165) is 32.4 Å². The van der Waals surface area contributed by atoms with E-state index in [2.05, 4.69) is 19.1 Å². The molecule has 2 heteroatoms. The third-order valence-electron chi connectivity index (χ3n) is 3.66. The summed E-state index contributed by atoms with van der Waals surface area (Å²) in [7, 11) is 0. The van der Waals surface area contributed by atoms with E-state index < -0.39 is 5.41 Å². The van der Waals surface area contributed by atoms with Crippen LogP contribution < -0.4 is 0 Å². The van der Waals surface area contributed by atoms with Crippen molar-refractivity contribution in [2.45, 2.75) is 33.1 Å². The molecule has 2 aliphatic rings. The van der Waals surface area contributed by atoms with Crippen molar-refractivity contribution in [3.05, 3.63) is 36.0 Å². The molecule has 2 rings (SSSR count). The van der Waals surface area contributed by atoms with Crippen LogP contribution in [0.4, 0.5) is 0 Å². The van der Waals surface area contributed by atoms with Gasteiger partial charge in [-0.1, -0.05) is 37.3 Å². The summed E-state index contributed by atoms with van der Waals surface area (Å²) in [4.78, 5) is 14.5. The average molecular weight is 231 g/mol. The number of likely N-dealkylation sites (tertiary alicyclic amines) is 1. The summed E-state index contributed by atoms with van der Waals surface area (Å²) in [6.07, 6.45) is 13.6. The topological polar surface area (TPSA) is 20.3 Å². The maximum absolute atomic E-state index is 12.5. The summed E-state index contributed by atoms with van der Waals surface area (Å²) in [5.41, 5.74) is 0.816. The highest BCUT2D eigenvalue weighted by Gasteiger charge is 2.33. The molecule has 0 saturated carbocycles. The van der Waals surface area contributed by atoms with Crippen molar-refractivity contribution in [1.82, 2.24) is 4.90 Å².